The first-order valence-electron chi connectivity index (χ1n) is 5.99. The van der Waals surface area contributed by atoms with Gasteiger partial charge in [-0.3, -0.25) is 14.2 Å². The number of anilines is 1. The number of nitrogens with zero attached hydrogens (tertiary/aromatic N) is 2. The van der Waals surface area contributed by atoms with Crippen molar-refractivity contribution in [2.75, 3.05) is 5.32 Å². The zero-order valence-corrected chi connectivity index (χ0v) is 11.2. The third-order valence-electron chi connectivity index (χ3n) is 3.06. The second-order valence-electron chi connectivity index (χ2n) is 4.30. The molecule has 0 aliphatic rings. The van der Waals surface area contributed by atoms with E-state index in [9.17, 15) is 14.4 Å². The Kier molecular flexibility index (Phi) is 4.47. The van der Waals surface area contributed by atoms with Gasteiger partial charge in [0.2, 0.25) is 5.91 Å². The molecule has 18 heavy (non-hydrogen) atoms. The Hall–Kier alpha value is -1.85. The standard InChI is InChI=1S/C12H19N3O3/c1-5-8(6-2)10(16)13-9-7-14(3)12(18)15(4)11(9)17/h7-8H,5-6H2,1-4H3,(H,13,16). The zero-order valence-electron chi connectivity index (χ0n) is 11.2. The SMILES string of the molecule is CCC(CC)C(=O)Nc1cn(C)c(=O)n(C)c1=O. The van der Waals surface area contributed by atoms with Gasteiger partial charge in [0.25, 0.3) is 5.56 Å². The average Bonchev–Trinajstić information content (AvgIpc) is 2.35. The van der Waals surface area contributed by atoms with Gasteiger partial charge in [0.15, 0.2) is 0 Å². The molecule has 1 rings (SSSR count). The summed E-state index contributed by atoms with van der Waals surface area (Å²) in [5.74, 6) is -0.303. The van der Waals surface area contributed by atoms with Crippen LogP contribution in [-0.4, -0.2) is 15.0 Å². The number of rotatable bonds is 4. The summed E-state index contributed by atoms with van der Waals surface area (Å²) in [5, 5.41) is 2.59. The first-order valence-corrected chi connectivity index (χ1v) is 5.99. The number of aryl methyl sites for hydroxylation is 1. The van der Waals surface area contributed by atoms with Crippen LogP contribution in [0, 0.1) is 5.92 Å². The fourth-order valence-electron chi connectivity index (χ4n) is 1.79. The molecule has 1 N–H and O–H groups in total. The number of aromatic nitrogens is 2. The minimum atomic E-state index is -0.489. The molecule has 6 nitrogen and oxygen atoms in total. The monoisotopic (exact) mass is 253 g/mol. The second kappa shape index (κ2) is 5.66. The Balaban J connectivity index is 3.10. The van der Waals surface area contributed by atoms with E-state index in [2.05, 4.69) is 5.32 Å². The molecule has 0 aromatic carbocycles. The summed E-state index contributed by atoms with van der Waals surface area (Å²) in [6.07, 6.45) is 2.79. The summed E-state index contributed by atoms with van der Waals surface area (Å²) >= 11 is 0. The Labute approximate surface area is 105 Å². The maximum atomic E-state index is 11.9. The lowest BCUT2D eigenvalue weighted by atomic mass is 10.0. The number of nitrogens with one attached hydrogen (secondary N) is 1. The lowest BCUT2D eigenvalue weighted by molar-refractivity contribution is -0.120. The predicted molar refractivity (Wildman–Crippen MR) is 69.6 cm³/mol. The van der Waals surface area contributed by atoms with Crippen molar-refractivity contribution in [2.24, 2.45) is 20.0 Å². The van der Waals surface area contributed by atoms with Crippen LogP contribution in [0.5, 0.6) is 0 Å². The van der Waals surface area contributed by atoms with E-state index in [0.717, 1.165) is 4.57 Å². The van der Waals surface area contributed by atoms with E-state index in [1.807, 2.05) is 13.8 Å². The third kappa shape index (κ3) is 2.69. The van der Waals surface area contributed by atoms with E-state index in [4.69, 9.17) is 0 Å². The first-order chi connectivity index (χ1) is 8.42. The number of hydrogen-bond acceptors (Lipinski definition) is 3. The molecule has 1 amide bonds. The summed E-state index contributed by atoms with van der Waals surface area (Å²) in [7, 11) is 2.92. The second-order valence-corrected chi connectivity index (χ2v) is 4.30. The summed E-state index contributed by atoms with van der Waals surface area (Å²) < 4.78 is 2.24. The maximum Gasteiger partial charge on any atom is 0.330 e. The molecule has 0 atom stereocenters. The van der Waals surface area contributed by atoms with Crippen LogP contribution in [0.2, 0.25) is 0 Å². The number of hydrogen-bond donors (Lipinski definition) is 1. The number of carbonyl (C=O) groups excluding carboxylic acids is 1. The molecule has 0 unspecified atom stereocenters. The highest BCUT2D eigenvalue weighted by atomic mass is 16.2. The Morgan fingerprint density at radius 1 is 1.28 bits per heavy atom. The van der Waals surface area contributed by atoms with Crippen LogP contribution in [0.15, 0.2) is 15.8 Å². The fraction of sp³-hybridized carbons (Fsp3) is 0.583. The number of carbonyl (C=O) groups is 1. The normalized spacial score (nSPS) is 10.7. The molecule has 6 heteroatoms. The highest BCUT2D eigenvalue weighted by Gasteiger charge is 2.16. The van der Waals surface area contributed by atoms with Crippen molar-refractivity contribution in [2.45, 2.75) is 26.7 Å². The van der Waals surface area contributed by atoms with Crippen LogP contribution in [0.3, 0.4) is 0 Å². The van der Waals surface area contributed by atoms with E-state index in [0.29, 0.717) is 12.8 Å². The highest BCUT2D eigenvalue weighted by molar-refractivity contribution is 5.92. The molecule has 0 radical (unpaired) electrons. The fourth-order valence-corrected chi connectivity index (χ4v) is 1.79. The molecule has 0 spiro atoms. The number of amides is 1. The molecule has 1 aromatic heterocycles. The molecule has 0 aliphatic carbocycles. The zero-order chi connectivity index (χ0) is 13.9. The molecule has 100 valence electrons. The van der Waals surface area contributed by atoms with Crippen LogP contribution in [0.1, 0.15) is 26.7 Å². The van der Waals surface area contributed by atoms with Gasteiger partial charge < -0.3 is 9.88 Å². The van der Waals surface area contributed by atoms with Crippen LogP contribution in [-0.2, 0) is 18.9 Å². The van der Waals surface area contributed by atoms with Gasteiger partial charge in [0.05, 0.1) is 0 Å². The van der Waals surface area contributed by atoms with Gasteiger partial charge in [-0.25, -0.2) is 4.79 Å². The minimum absolute atomic E-state index is 0.119. The Morgan fingerprint density at radius 3 is 2.33 bits per heavy atom. The summed E-state index contributed by atoms with van der Waals surface area (Å²) in [6.45, 7) is 3.85. The quantitative estimate of drug-likeness (QED) is 0.847. The van der Waals surface area contributed by atoms with E-state index in [-0.39, 0.29) is 17.5 Å². The Bertz CT molecular complexity index is 553. The molecular formula is C12H19N3O3. The van der Waals surface area contributed by atoms with Crippen LogP contribution in [0.4, 0.5) is 5.69 Å². The van der Waals surface area contributed by atoms with Crippen molar-refractivity contribution >= 4 is 11.6 Å². The van der Waals surface area contributed by atoms with Crippen LogP contribution in [0.25, 0.3) is 0 Å². The van der Waals surface area contributed by atoms with Crippen molar-refractivity contribution in [3.05, 3.63) is 27.0 Å². The van der Waals surface area contributed by atoms with E-state index in [1.54, 1.807) is 0 Å². The molecule has 1 aromatic rings. The lowest BCUT2D eigenvalue weighted by Gasteiger charge is -2.13. The van der Waals surface area contributed by atoms with Crippen LogP contribution >= 0.6 is 0 Å². The topological polar surface area (TPSA) is 73.1 Å². The van der Waals surface area contributed by atoms with E-state index < -0.39 is 11.2 Å². The van der Waals surface area contributed by atoms with Gasteiger partial charge in [-0.05, 0) is 12.8 Å². The lowest BCUT2D eigenvalue weighted by Crippen LogP contribution is -2.39. The summed E-state index contributed by atoms with van der Waals surface area (Å²) in [4.78, 5) is 35.2. The van der Waals surface area contributed by atoms with E-state index in [1.165, 1.54) is 24.9 Å². The molecular weight excluding hydrogens is 234 g/mol. The predicted octanol–water partition coefficient (Wildman–Crippen LogP) is 0.459. The highest BCUT2D eigenvalue weighted by Crippen LogP contribution is 2.10. The molecule has 0 bridgehead atoms. The molecule has 1 heterocycles. The van der Waals surface area contributed by atoms with Gasteiger partial charge >= 0.3 is 5.69 Å². The molecule has 0 aliphatic heterocycles. The largest absolute Gasteiger partial charge is 0.330 e. The van der Waals surface area contributed by atoms with Gasteiger partial charge in [-0.1, -0.05) is 13.8 Å². The van der Waals surface area contributed by atoms with Crippen molar-refractivity contribution in [1.29, 1.82) is 0 Å². The summed E-state index contributed by atoms with van der Waals surface area (Å²) in [6, 6.07) is 0. The first kappa shape index (κ1) is 14.2. The van der Waals surface area contributed by atoms with Gasteiger partial charge in [0, 0.05) is 26.2 Å². The van der Waals surface area contributed by atoms with Crippen molar-refractivity contribution < 1.29 is 4.79 Å². The van der Waals surface area contributed by atoms with Gasteiger partial charge in [-0.2, -0.15) is 0 Å². The Morgan fingerprint density at radius 2 is 1.83 bits per heavy atom. The average molecular weight is 253 g/mol. The smallest absolute Gasteiger partial charge is 0.320 e. The third-order valence-corrected chi connectivity index (χ3v) is 3.06. The molecule has 0 saturated carbocycles. The molecule has 0 fully saturated rings. The minimum Gasteiger partial charge on any atom is -0.320 e. The van der Waals surface area contributed by atoms with Crippen LogP contribution < -0.4 is 16.6 Å². The van der Waals surface area contributed by atoms with Crippen molar-refractivity contribution in [1.82, 2.24) is 9.13 Å². The van der Waals surface area contributed by atoms with E-state index >= 15 is 0 Å². The van der Waals surface area contributed by atoms with Gasteiger partial charge in [-0.15, -0.1) is 0 Å². The maximum absolute atomic E-state index is 11.9. The van der Waals surface area contributed by atoms with Crippen molar-refractivity contribution in [3.8, 4) is 0 Å². The molecule has 0 saturated heterocycles. The summed E-state index contributed by atoms with van der Waals surface area (Å²) in [5.41, 5.74) is -0.769. The van der Waals surface area contributed by atoms with Gasteiger partial charge in [0.1, 0.15) is 5.69 Å². The van der Waals surface area contributed by atoms with Crippen molar-refractivity contribution in [3.63, 3.8) is 0 Å².